The number of hydrogen-bond donors (Lipinski definition) is 5. The molecule has 0 bridgehead atoms. The Kier molecular flexibility index (Phi) is 21.6. The summed E-state index contributed by atoms with van der Waals surface area (Å²) >= 11 is 0. The van der Waals surface area contributed by atoms with Crippen molar-refractivity contribution in [2.75, 3.05) is 25.6 Å². The van der Waals surface area contributed by atoms with Crippen molar-refractivity contribution in [1.29, 1.82) is 0 Å². The molecule has 2 heterocycles. The highest BCUT2D eigenvalue weighted by molar-refractivity contribution is 5.98. The van der Waals surface area contributed by atoms with Crippen molar-refractivity contribution >= 4 is 52.6 Å². The third-order valence-electron chi connectivity index (χ3n) is 16.0. The molecule has 2 unspecified atom stereocenters. The lowest BCUT2D eigenvalue weighted by Gasteiger charge is -2.40. The maximum atomic E-state index is 14.2. The second kappa shape index (κ2) is 27.9. The molecule has 4 amide bonds. The first-order valence-corrected chi connectivity index (χ1v) is 28.6. The Hall–Kier alpha value is -7.86. The summed E-state index contributed by atoms with van der Waals surface area (Å²) < 4.78 is 5.86. The van der Waals surface area contributed by atoms with Gasteiger partial charge in [-0.25, -0.2) is 4.79 Å². The maximum Gasteiger partial charge on any atom is 0.331 e. The molecule has 18 nitrogen and oxygen atoms in total. The number of fused-ring (bicyclic) bond motifs is 5. The van der Waals surface area contributed by atoms with Crippen molar-refractivity contribution in [3.63, 3.8) is 0 Å². The van der Waals surface area contributed by atoms with Crippen LogP contribution in [0.25, 0.3) is 0 Å². The van der Waals surface area contributed by atoms with Gasteiger partial charge in [0.25, 0.3) is 0 Å². The van der Waals surface area contributed by atoms with E-state index in [1.807, 2.05) is 135 Å². The molecule has 7 atom stereocenters. The van der Waals surface area contributed by atoms with Gasteiger partial charge in [-0.1, -0.05) is 152 Å². The lowest BCUT2D eigenvalue weighted by Crippen LogP contribution is -2.61. The third-order valence-corrected chi connectivity index (χ3v) is 16.0. The molecule has 0 fully saturated rings. The van der Waals surface area contributed by atoms with E-state index in [1.54, 1.807) is 56.3 Å². The molecule has 0 aliphatic carbocycles. The lowest BCUT2D eigenvalue weighted by molar-refractivity contribution is -0.141. The standard InChI is InChI=1S/C65H84N8O10/c1-38(2)51(35-46(74)27-30-55(77)73-36-44-20-14-15-22-49(44)56-57(70-71-69-56)50-23-16-17-24-52(50)73)60(78)67-41(6)54(76)34-42-25-28-48(29-26-42)83-37-47(75)33-43-19-18-21-45(32-43)65(10,11)58(66-12)61(79)68-59(64(7,8)9)62(80)72(13)53(39(3)4)31-40(5)63(81)82/h14-26,28-29,31-32,38-39,41,51,53,56-59,66H,27,30,33-37H2,1-13H3,(H,67,78)(H,68,79)(H,69,70)(H,81,82)/b40-31+/t41-,51-,53-,56?,57?,58+,59+/m0/s1. The number of anilines is 1. The van der Waals surface area contributed by atoms with Gasteiger partial charge in [-0.3, -0.25) is 39.0 Å². The average molecular weight is 1140 g/mol. The summed E-state index contributed by atoms with van der Waals surface area (Å²) in [6.07, 6.45) is 1.45. The Morgan fingerprint density at radius 2 is 1.43 bits per heavy atom. The van der Waals surface area contributed by atoms with E-state index in [0.29, 0.717) is 29.1 Å². The van der Waals surface area contributed by atoms with E-state index in [4.69, 9.17) is 4.74 Å². The van der Waals surface area contributed by atoms with Gasteiger partial charge >= 0.3 is 5.97 Å². The smallest absolute Gasteiger partial charge is 0.331 e. The molecule has 2 aliphatic rings. The van der Waals surface area contributed by atoms with Gasteiger partial charge in [-0.05, 0) is 84.2 Å². The number of benzene rings is 4. The molecule has 6 rings (SSSR count). The van der Waals surface area contributed by atoms with E-state index in [0.717, 1.165) is 22.3 Å². The summed E-state index contributed by atoms with van der Waals surface area (Å²) in [5, 5.41) is 27.2. The number of carboxylic acids is 1. The Labute approximate surface area is 488 Å². The van der Waals surface area contributed by atoms with Crippen molar-refractivity contribution in [3.05, 3.63) is 142 Å². The molecule has 444 valence electrons. The molecular weight excluding hydrogens is 1050 g/mol. The van der Waals surface area contributed by atoms with Gasteiger partial charge in [0.2, 0.25) is 23.6 Å². The van der Waals surface area contributed by atoms with Gasteiger partial charge in [0.1, 0.15) is 30.2 Å². The van der Waals surface area contributed by atoms with E-state index in [1.165, 1.54) is 11.8 Å². The second-order valence-corrected chi connectivity index (χ2v) is 24.4. The zero-order valence-corrected chi connectivity index (χ0v) is 50.4. The van der Waals surface area contributed by atoms with E-state index in [-0.39, 0.29) is 97.4 Å². The van der Waals surface area contributed by atoms with Crippen LogP contribution in [0.1, 0.15) is 141 Å². The van der Waals surface area contributed by atoms with Gasteiger partial charge in [0, 0.05) is 67.3 Å². The largest absolute Gasteiger partial charge is 0.486 e. The zero-order chi connectivity index (χ0) is 61.1. The van der Waals surface area contributed by atoms with Gasteiger partial charge in [0.15, 0.2) is 11.6 Å². The quantitative estimate of drug-likeness (QED) is 0.0371. The van der Waals surface area contributed by atoms with Crippen molar-refractivity contribution in [1.82, 2.24) is 26.3 Å². The first kappa shape index (κ1) is 64.3. The fourth-order valence-corrected chi connectivity index (χ4v) is 10.9. The molecule has 0 radical (unpaired) electrons. The number of ether oxygens (including phenoxy) is 1. The number of aliphatic carboxylic acids is 1. The number of carbonyl (C=O) groups is 8. The predicted octanol–water partition coefficient (Wildman–Crippen LogP) is 8.72. The Bertz CT molecular complexity index is 3090. The molecule has 5 N–H and O–H groups in total. The topological polar surface area (TPSA) is 245 Å². The minimum Gasteiger partial charge on any atom is -0.486 e. The van der Waals surface area contributed by atoms with Crippen LogP contribution in [0.2, 0.25) is 0 Å². The van der Waals surface area contributed by atoms with Crippen LogP contribution in [0.3, 0.4) is 0 Å². The molecular formula is C65H84N8O10. The first-order valence-electron chi connectivity index (χ1n) is 28.6. The van der Waals surface area contributed by atoms with Crippen LogP contribution in [-0.2, 0) is 63.2 Å². The van der Waals surface area contributed by atoms with Crippen LogP contribution < -0.4 is 31.0 Å². The van der Waals surface area contributed by atoms with Gasteiger partial charge in [0.05, 0.1) is 30.7 Å². The highest BCUT2D eigenvalue weighted by atomic mass is 16.5. The normalized spacial score (nSPS) is 16.8. The van der Waals surface area contributed by atoms with E-state index in [9.17, 15) is 43.5 Å². The number of para-hydroxylation sites is 1. The lowest BCUT2D eigenvalue weighted by atomic mass is 9.76. The summed E-state index contributed by atoms with van der Waals surface area (Å²) in [5.41, 5.74) is 7.41. The second-order valence-electron chi connectivity index (χ2n) is 24.4. The van der Waals surface area contributed by atoms with Crippen LogP contribution in [0, 0.1) is 23.2 Å². The first-order chi connectivity index (χ1) is 39.1. The summed E-state index contributed by atoms with van der Waals surface area (Å²) in [5.74, 6) is -3.75. The number of Topliss-reactive ketones (excluding diaryl/α,β-unsaturated/α-hetero) is 3. The number of likely N-dealkylation sites (N-methyl/N-ethyl adjacent to an activating group) is 2. The summed E-state index contributed by atoms with van der Waals surface area (Å²) in [6.45, 7) is 20.1. The van der Waals surface area contributed by atoms with Gasteiger partial charge in [-0.2, -0.15) is 5.11 Å². The number of carbonyl (C=O) groups excluding carboxylic acids is 7. The average Bonchev–Trinajstić information content (AvgIpc) is 3.00. The van der Waals surface area contributed by atoms with Crippen molar-refractivity contribution in [2.24, 2.45) is 33.5 Å². The fourth-order valence-electron chi connectivity index (χ4n) is 10.9. The number of amides is 4. The minimum absolute atomic E-state index is 0.0147. The van der Waals surface area contributed by atoms with Crippen LogP contribution in [0.5, 0.6) is 5.75 Å². The maximum absolute atomic E-state index is 14.2. The number of carboxylic acid groups (broad SMARTS) is 1. The molecule has 0 aromatic heterocycles. The molecule has 0 saturated carbocycles. The highest BCUT2D eigenvalue weighted by Crippen LogP contribution is 2.44. The predicted molar refractivity (Wildman–Crippen MR) is 318 cm³/mol. The van der Waals surface area contributed by atoms with E-state index < -0.39 is 58.7 Å². The number of nitrogens with zero attached hydrogens (tertiary/aromatic N) is 4. The zero-order valence-electron chi connectivity index (χ0n) is 50.4. The monoisotopic (exact) mass is 1140 g/mol. The van der Waals surface area contributed by atoms with Crippen molar-refractivity contribution in [2.45, 2.75) is 156 Å². The molecule has 0 spiro atoms. The van der Waals surface area contributed by atoms with Crippen molar-refractivity contribution in [3.8, 4) is 5.75 Å². The highest BCUT2D eigenvalue weighted by Gasteiger charge is 2.42. The van der Waals surface area contributed by atoms with Crippen molar-refractivity contribution < 1.29 is 48.2 Å². The number of ketones is 3. The molecule has 18 heteroatoms. The number of rotatable bonds is 26. The van der Waals surface area contributed by atoms with E-state index >= 15 is 0 Å². The third kappa shape index (κ3) is 16.2. The Balaban J connectivity index is 0.981. The molecule has 4 aromatic rings. The van der Waals surface area contributed by atoms with E-state index in [2.05, 4.69) is 31.7 Å². The molecule has 2 aliphatic heterocycles. The summed E-state index contributed by atoms with van der Waals surface area (Å²) in [7, 11) is 3.29. The van der Waals surface area contributed by atoms with Crippen LogP contribution in [0.4, 0.5) is 5.69 Å². The molecule has 0 saturated heterocycles. The number of hydrogen-bond acceptors (Lipinski definition) is 13. The van der Waals surface area contributed by atoms with Crippen LogP contribution in [-0.4, -0.2) is 102 Å². The molecule has 83 heavy (non-hydrogen) atoms. The SMILES string of the molecule is CN[C@H](C(=O)N[C@H](C(=O)N(C)[C@@H](/C=C(\C)C(=O)O)C(C)C)C(C)(C)C)C(C)(C)c1cccc(CC(=O)COc2ccc(CC(=O)[C@H](C)NC(=O)[C@@H](CC(=O)CCC(=O)N3Cc4ccccc4C4NN=NC4c4ccccc43)C(C)C)cc2)c1. The Morgan fingerprint density at radius 1 is 0.771 bits per heavy atom. The van der Waals surface area contributed by atoms with Gasteiger partial charge in [-0.15, -0.1) is 0 Å². The molecule has 4 aromatic carbocycles. The summed E-state index contributed by atoms with van der Waals surface area (Å²) in [6, 6.07) is 26.1. The summed E-state index contributed by atoms with van der Waals surface area (Å²) in [4.78, 5) is 111. The van der Waals surface area contributed by atoms with Crippen LogP contribution >= 0.6 is 0 Å². The Morgan fingerprint density at radius 3 is 2.07 bits per heavy atom. The van der Waals surface area contributed by atoms with Crippen LogP contribution in [0.15, 0.2) is 119 Å². The minimum atomic E-state index is -1.08. The fraction of sp³-hybridized carbons (Fsp3) is 0.477. The number of nitrogens with one attached hydrogen (secondary N) is 4. The van der Waals surface area contributed by atoms with Gasteiger partial charge < -0.3 is 35.6 Å².